The number of hydrogen-bond acceptors (Lipinski definition) is 5. The van der Waals surface area contributed by atoms with Gasteiger partial charge in [-0.25, -0.2) is 9.59 Å². The number of ether oxygens (including phenoxy) is 2. The third kappa shape index (κ3) is 4.29. The molecule has 0 bridgehead atoms. The summed E-state index contributed by atoms with van der Waals surface area (Å²) in [6, 6.07) is 4.54. The number of nitrogens with one attached hydrogen (secondary N) is 2. The lowest BCUT2D eigenvalue weighted by atomic mass is 10.0. The molecule has 3 amide bonds. The second-order valence-corrected chi connectivity index (χ2v) is 5.81. The Morgan fingerprint density at radius 3 is 2.83 bits per heavy atom. The molecule has 0 aliphatic carbocycles. The first-order valence-electron chi connectivity index (χ1n) is 7.76. The minimum atomic E-state index is -0.949. The Hall–Kier alpha value is -2.48. The van der Waals surface area contributed by atoms with Gasteiger partial charge in [0.05, 0.1) is 24.9 Å². The van der Waals surface area contributed by atoms with Gasteiger partial charge in [0.25, 0.3) is 0 Å². The molecule has 0 aromatic heterocycles. The van der Waals surface area contributed by atoms with Crippen LogP contribution in [0.25, 0.3) is 0 Å². The number of carbonyl (C=O) groups excluding carboxylic acids is 2. The largest absolute Gasteiger partial charge is 0.494 e. The SMILES string of the molecule is CCC(C)(O)CNC(=O)Nc1ccc(N2CCOC2=O)c(OC)c1. The van der Waals surface area contributed by atoms with Crippen LogP contribution in [0.1, 0.15) is 20.3 Å². The van der Waals surface area contributed by atoms with E-state index in [1.54, 1.807) is 25.1 Å². The number of rotatable bonds is 6. The van der Waals surface area contributed by atoms with Crippen LogP contribution in [-0.2, 0) is 4.74 Å². The quantitative estimate of drug-likeness (QED) is 0.736. The van der Waals surface area contributed by atoms with Crippen LogP contribution in [0.15, 0.2) is 18.2 Å². The first kappa shape index (κ1) is 17.9. The van der Waals surface area contributed by atoms with Crippen molar-refractivity contribution in [3.8, 4) is 5.75 Å². The fraction of sp³-hybridized carbons (Fsp3) is 0.500. The highest BCUT2D eigenvalue weighted by molar-refractivity contribution is 5.93. The Morgan fingerprint density at radius 2 is 2.25 bits per heavy atom. The zero-order valence-electron chi connectivity index (χ0n) is 14.1. The van der Waals surface area contributed by atoms with Crippen LogP contribution in [-0.4, -0.2) is 49.6 Å². The summed E-state index contributed by atoms with van der Waals surface area (Å²) in [6.45, 7) is 4.42. The summed E-state index contributed by atoms with van der Waals surface area (Å²) in [5.41, 5.74) is 0.145. The first-order valence-corrected chi connectivity index (χ1v) is 7.76. The van der Waals surface area contributed by atoms with Gasteiger partial charge in [0.2, 0.25) is 0 Å². The third-order valence-electron chi connectivity index (χ3n) is 3.88. The maximum atomic E-state index is 11.9. The average molecular weight is 337 g/mol. The molecule has 1 unspecified atom stereocenters. The zero-order valence-corrected chi connectivity index (χ0v) is 14.1. The van der Waals surface area contributed by atoms with Crippen molar-refractivity contribution >= 4 is 23.5 Å². The fourth-order valence-electron chi connectivity index (χ4n) is 2.16. The number of aliphatic hydroxyl groups is 1. The van der Waals surface area contributed by atoms with Gasteiger partial charge in [-0.2, -0.15) is 0 Å². The molecule has 1 aliphatic rings. The minimum absolute atomic E-state index is 0.143. The smallest absolute Gasteiger partial charge is 0.414 e. The van der Waals surface area contributed by atoms with Crippen molar-refractivity contribution in [1.29, 1.82) is 0 Å². The minimum Gasteiger partial charge on any atom is -0.494 e. The van der Waals surface area contributed by atoms with Gasteiger partial charge in [0, 0.05) is 18.3 Å². The number of nitrogens with zero attached hydrogens (tertiary/aromatic N) is 1. The van der Waals surface area contributed by atoms with Crippen molar-refractivity contribution in [3.63, 3.8) is 0 Å². The molecule has 2 rings (SSSR count). The van der Waals surface area contributed by atoms with Gasteiger partial charge in [-0.15, -0.1) is 0 Å². The number of hydrogen-bond donors (Lipinski definition) is 3. The molecule has 1 atom stereocenters. The molecular weight excluding hydrogens is 314 g/mol. The summed E-state index contributed by atoms with van der Waals surface area (Å²) >= 11 is 0. The van der Waals surface area contributed by atoms with E-state index in [1.165, 1.54) is 12.0 Å². The summed E-state index contributed by atoms with van der Waals surface area (Å²) in [6.07, 6.45) is 0.107. The van der Waals surface area contributed by atoms with Gasteiger partial charge in [-0.05, 0) is 25.5 Å². The molecule has 0 saturated carbocycles. The van der Waals surface area contributed by atoms with E-state index in [4.69, 9.17) is 9.47 Å². The molecule has 1 saturated heterocycles. The molecule has 3 N–H and O–H groups in total. The summed E-state index contributed by atoms with van der Waals surface area (Å²) in [7, 11) is 1.49. The second-order valence-electron chi connectivity index (χ2n) is 5.81. The second kappa shape index (κ2) is 7.39. The van der Waals surface area contributed by atoms with Crippen LogP contribution in [0, 0.1) is 0 Å². The standard InChI is InChI=1S/C16H23N3O5/c1-4-16(2,22)10-17-14(20)18-11-5-6-12(13(9-11)23-3)19-7-8-24-15(19)21/h5-6,9,22H,4,7-8,10H2,1-3H3,(H2,17,18,20). The van der Waals surface area contributed by atoms with Crippen molar-refractivity contribution in [3.05, 3.63) is 18.2 Å². The monoisotopic (exact) mass is 337 g/mol. The highest BCUT2D eigenvalue weighted by atomic mass is 16.6. The molecule has 1 heterocycles. The van der Waals surface area contributed by atoms with Crippen LogP contribution in [0.4, 0.5) is 21.0 Å². The van der Waals surface area contributed by atoms with E-state index in [-0.39, 0.29) is 6.54 Å². The molecule has 1 fully saturated rings. The lowest BCUT2D eigenvalue weighted by molar-refractivity contribution is 0.0587. The molecule has 0 radical (unpaired) electrons. The van der Waals surface area contributed by atoms with Crippen LogP contribution in [0.3, 0.4) is 0 Å². The fourth-order valence-corrected chi connectivity index (χ4v) is 2.16. The lowest BCUT2D eigenvalue weighted by Gasteiger charge is -2.22. The molecule has 132 valence electrons. The van der Waals surface area contributed by atoms with Gasteiger partial charge in [-0.3, -0.25) is 4.90 Å². The predicted molar refractivity (Wildman–Crippen MR) is 89.6 cm³/mol. The molecule has 0 spiro atoms. The molecule has 1 aromatic rings. The van der Waals surface area contributed by atoms with Gasteiger partial charge in [-0.1, -0.05) is 6.92 Å². The molecule has 8 heteroatoms. The highest BCUT2D eigenvalue weighted by Crippen LogP contribution is 2.32. The maximum Gasteiger partial charge on any atom is 0.414 e. The number of methoxy groups -OCH3 is 1. The first-order chi connectivity index (χ1) is 11.4. The summed E-state index contributed by atoms with van der Waals surface area (Å²) in [5, 5.41) is 15.2. The number of benzene rings is 1. The Bertz CT molecular complexity index is 618. The topological polar surface area (TPSA) is 100 Å². The van der Waals surface area contributed by atoms with E-state index in [2.05, 4.69) is 10.6 Å². The van der Waals surface area contributed by atoms with Gasteiger partial charge < -0.3 is 25.2 Å². The van der Waals surface area contributed by atoms with Crippen molar-refractivity contribution < 1.29 is 24.2 Å². The van der Waals surface area contributed by atoms with Gasteiger partial charge in [0.15, 0.2) is 0 Å². The molecule has 1 aromatic carbocycles. The Balaban J connectivity index is 2.04. The molecular formula is C16H23N3O5. The summed E-state index contributed by atoms with van der Waals surface area (Å²) in [5.74, 6) is 0.451. The number of cyclic esters (lactones) is 1. The Labute approximate surface area is 140 Å². The number of amides is 3. The normalized spacial score (nSPS) is 16.3. The molecule has 8 nitrogen and oxygen atoms in total. The van der Waals surface area contributed by atoms with Gasteiger partial charge in [0.1, 0.15) is 12.4 Å². The maximum absolute atomic E-state index is 11.9. The van der Waals surface area contributed by atoms with Gasteiger partial charge >= 0.3 is 12.1 Å². The van der Waals surface area contributed by atoms with Crippen molar-refractivity contribution in [2.45, 2.75) is 25.9 Å². The number of urea groups is 1. The summed E-state index contributed by atoms with van der Waals surface area (Å²) < 4.78 is 10.2. The lowest BCUT2D eigenvalue weighted by Crippen LogP contribution is -2.41. The predicted octanol–water partition coefficient (Wildman–Crippen LogP) is 1.93. The Morgan fingerprint density at radius 1 is 1.50 bits per heavy atom. The van der Waals surface area contributed by atoms with Crippen LogP contribution in [0.2, 0.25) is 0 Å². The van der Waals surface area contributed by atoms with E-state index in [0.717, 1.165) is 0 Å². The third-order valence-corrected chi connectivity index (χ3v) is 3.88. The van der Waals surface area contributed by atoms with Crippen molar-refractivity contribution in [2.75, 3.05) is 37.0 Å². The molecule has 24 heavy (non-hydrogen) atoms. The van der Waals surface area contributed by atoms with Crippen molar-refractivity contribution in [2.24, 2.45) is 0 Å². The van der Waals surface area contributed by atoms with Crippen molar-refractivity contribution in [1.82, 2.24) is 5.32 Å². The van der Waals surface area contributed by atoms with E-state index < -0.39 is 17.7 Å². The number of anilines is 2. The number of carbonyl (C=O) groups is 2. The van der Waals surface area contributed by atoms with Crippen LogP contribution < -0.4 is 20.3 Å². The molecule has 1 aliphatic heterocycles. The van der Waals surface area contributed by atoms with E-state index in [9.17, 15) is 14.7 Å². The van der Waals surface area contributed by atoms with Crippen LogP contribution in [0.5, 0.6) is 5.75 Å². The van der Waals surface area contributed by atoms with E-state index in [1.807, 2.05) is 6.92 Å². The Kier molecular flexibility index (Phi) is 5.50. The average Bonchev–Trinajstić information content (AvgIpc) is 2.99. The summed E-state index contributed by atoms with van der Waals surface area (Å²) in [4.78, 5) is 25.0. The zero-order chi connectivity index (χ0) is 17.7. The highest BCUT2D eigenvalue weighted by Gasteiger charge is 2.26. The van der Waals surface area contributed by atoms with Crippen LogP contribution >= 0.6 is 0 Å². The van der Waals surface area contributed by atoms with E-state index >= 15 is 0 Å². The van der Waals surface area contributed by atoms with E-state index in [0.29, 0.717) is 36.7 Å².